The molecule has 0 aliphatic carbocycles. The van der Waals surface area contributed by atoms with Gasteiger partial charge >= 0.3 is 0 Å². The molecule has 1 amide bonds. The van der Waals surface area contributed by atoms with Crippen LogP contribution in [-0.4, -0.2) is 28.4 Å². The Bertz CT molecular complexity index is 1120. The van der Waals surface area contributed by atoms with Crippen LogP contribution < -0.4 is 20.2 Å². The number of para-hydroxylation sites is 1. The third kappa shape index (κ3) is 3.94. The number of anilines is 1. The third-order valence-corrected chi connectivity index (χ3v) is 4.88. The second-order valence-electron chi connectivity index (χ2n) is 7.07. The molecule has 2 aromatic carbocycles. The van der Waals surface area contributed by atoms with E-state index in [1.165, 1.54) is 6.20 Å². The Balaban J connectivity index is 1.50. The van der Waals surface area contributed by atoms with E-state index >= 15 is 0 Å². The normalized spacial score (nSPS) is 15.0. The Labute approximate surface area is 168 Å². The topological polar surface area (TPSA) is 82.5 Å². The van der Waals surface area contributed by atoms with E-state index in [0.29, 0.717) is 35.5 Å². The van der Waals surface area contributed by atoms with Crippen LogP contribution in [0.4, 0.5) is 5.69 Å². The fourth-order valence-corrected chi connectivity index (χ4v) is 3.57. The van der Waals surface area contributed by atoms with E-state index < -0.39 is 0 Å². The SMILES string of the molecule is CCOc1cc2c(cc1NC(=O)CCn1ncc(=O)c3ccccc31)OC(C)C2. The lowest BCUT2D eigenvalue weighted by Crippen LogP contribution is -2.18. The summed E-state index contributed by atoms with van der Waals surface area (Å²) < 4.78 is 13.2. The minimum Gasteiger partial charge on any atom is -0.492 e. The van der Waals surface area contributed by atoms with Crippen LogP contribution in [0, 0.1) is 0 Å². The molecule has 0 saturated heterocycles. The number of carbonyl (C=O) groups excluding carboxylic acids is 1. The molecule has 0 spiro atoms. The minimum absolute atomic E-state index is 0.116. The van der Waals surface area contributed by atoms with Gasteiger partial charge in [0.1, 0.15) is 17.6 Å². The first-order valence-corrected chi connectivity index (χ1v) is 9.76. The van der Waals surface area contributed by atoms with Crippen LogP contribution in [-0.2, 0) is 17.8 Å². The predicted molar refractivity (Wildman–Crippen MR) is 111 cm³/mol. The van der Waals surface area contributed by atoms with E-state index in [1.54, 1.807) is 10.7 Å². The summed E-state index contributed by atoms with van der Waals surface area (Å²) >= 11 is 0. The Hall–Kier alpha value is -3.35. The number of benzene rings is 2. The molecule has 1 unspecified atom stereocenters. The Morgan fingerprint density at radius 3 is 3.00 bits per heavy atom. The fourth-order valence-electron chi connectivity index (χ4n) is 3.57. The molecule has 7 heteroatoms. The Morgan fingerprint density at radius 1 is 1.34 bits per heavy atom. The number of aromatic nitrogens is 2. The highest BCUT2D eigenvalue weighted by atomic mass is 16.5. The van der Waals surface area contributed by atoms with Crippen molar-refractivity contribution in [3.8, 4) is 11.5 Å². The van der Waals surface area contributed by atoms with Crippen molar-refractivity contribution in [2.24, 2.45) is 0 Å². The van der Waals surface area contributed by atoms with Gasteiger partial charge in [0.15, 0.2) is 0 Å². The zero-order chi connectivity index (χ0) is 20.4. The number of hydrogen-bond donors (Lipinski definition) is 1. The maximum absolute atomic E-state index is 12.6. The van der Waals surface area contributed by atoms with Crippen LogP contribution in [0.2, 0.25) is 0 Å². The highest BCUT2D eigenvalue weighted by Gasteiger charge is 2.22. The first-order valence-electron chi connectivity index (χ1n) is 9.76. The largest absolute Gasteiger partial charge is 0.492 e. The number of carbonyl (C=O) groups is 1. The van der Waals surface area contributed by atoms with E-state index in [0.717, 1.165) is 17.7 Å². The molecule has 0 bridgehead atoms. The van der Waals surface area contributed by atoms with Gasteiger partial charge in [0, 0.05) is 29.9 Å². The van der Waals surface area contributed by atoms with Gasteiger partial charge in [-0.15, -0.1) is 0 Å². The summed E-state index contributed by atoms with van der Waals surface area (Å²) in [5.74, 6) is 1.26. The molecule has 1 aromatic heterocycles. The first kappa shape index (κ1) is 19.0. The molecule has 1 aliphatic heterocycles. The summed E-state index contributed by atoms with van der Waals surface area (Å²) in [7, 11) is 0. The molecule has 0 radical (unpaired) electrons. The van der Waals surface area contributed by atoms with Crippen LogP contribution in [0.5, 0.6) is 11.5 Å². The zero-order valence-corrected chi connectivity index (χ0v) is 16.5. The van der Waals surface area contributed by atoms with Crippen LogP contribution in [0.15, 0.2) is 47.4 Å². The van der Waals surface area contributed by atoms with Gasteiger partial charge in [-0.2, -0.15) is 5.10 Å². The Kier molecular flexibility index (Phi) is 5.20. The maximum atomic E-state index is 12.6. The number of rotatable bonds is 6. The van der Waals surface area contributed by atoms with E-state index in [9.17, 15) is 9.59 Å². The number of fused-ring (bicyclic) bond motifs is 2. The maximum Gasteiger partial charge on any atom is 0.226 e. The summed E-state index contributed by atoms with van der Waals surface area (Å²) in [5, 5.41) is 7.68. The number of aryl methyl sites for hydroxylation is 1. The predicted octanol–water partition coefficient (Wildman–Crippen LogP) is 3.15. The average Bonchev–Trinajstić information content (AvgIpc) is 3.07. The molecule has 7 nitrogen and oxygen atoms in total. The number of nitrogens with one attached hydrogen (secondary N) is 1. The van der Waals surface area contributed by atoms with Crippen molar-refractivity contribution >= 4 is 22.5 Å². The molecule has 1 atom stereocenters. The summed E-state index contributed by atoms with van der Waals surface area (Å²) in [6, 6.07) is 11.0. The van der Waals surface area contributed by atoms with Crippen LogP contribution >= 0.6 is 0 Å². The minimum atomic E-state index is -0.165. The quantitative estimate of drug-likeness (QED) is 0.696. The average molecular weight is 393 g/mol. The summed E-state index contributed by atoms with van der Waals surface area (Å²) in [5.41, 5.74) is 2.27. The lowest BCUT2D eigenvalue weighted by molar-refractivity contribution is -0.116. The van der Waals surface area contributed by atoms with Crippen molar-refractivity contribution in [2.75, 3.05) is 11.9 Å². The molecule has 2 heterocycles. The Morgan fingerprint density at radius 2 is 2.17 bits per heavy atom. The van der Waals surface area contributed by atoms with Gasteiger partial charge in [-0.3, -0.25) is 14.3 Å². The van der Waals surface area contributed by atoms with Crippen LogP contribution in [0.25, 0.3) is 10.9 Å². The van der Waals surface area contributed by atoms with Gasteiger partial charge in [-0.05, 0) is 32.0 Å². The van der Waals surface area contributed by atoms with Crippen molar-refractivity contribution in [1.82, 2.24) is 9.78 Å². The molecular formula is C22H23N3O4. The van der Waals surface area contributed by atoms with E-state index in [4.69, 9.17) is 9.47 Å². The van der Waals surface area contributed by atoms with Crippen molar-refractivity contribution in [2.45, 2.75) is 39.3 Å². The van der Waals surface area contributed by atoms with Crippen molar-refractivity contribution in [3.05, 3.63) is 58.4 Å². The highest BCUT2D eigenvalue weighted by molar-refractivity contribution is 5.92. The van der Waals surface area contributed by atoms with Gasteiger partial charge in [0.2, 0.25) is 11.3 Å². The molecule has 0 saturated carbocycles. The number of ether oxygens (including phenoxy) is 2. The monoisotopic (exact) mass is 393 g/mol. The van der Waals surface area contributed by atoms with Gasteiger partial charge in [0.25, 0.3) is 0 Å². The highest BCUT2D eigenvalue weighted by Crippen LogP contribution is 2.38. The van der Waals surface area contributed by atoms with Crippen molar-refractivity contribution in [3.63, 3.8) is 0 Å². The fraction of sp³-hybridized carbons (Fsp3) is 0.318. The molecule has 150 valence electrons. The molecule has 1 aliphatic rings. The summed E-state index contributed by atoms with van der Waals surface area (Å²) in [6.07, 6.45) is 2.44. The second-order valence-corrected chi connectivity index (χ2v) is 7.07. The smallest absolute Gasteiger partial charge is 0.226 e. The van der Waals surface area contributed by atoms with Crippen molar-refractivity contribution < 1.29 is 14.3 Å². The molecule has 1 N–H and O–H groups in total. The standard InChI is InChI=1S/C22H23N3O4/c1-3-28-21-11-15-10-14(2)29-20(15)12-17(21)24-22(27)8-9-25-18-7-5-4-6-16(18)19(26)13-23-25/h4-7,11-14H,3,8-10H2,1-2H3,(H,24,27). The number of amides is 1. The van der Waals surface area contributed by atoms with E-state index in [2.05, 4.69) is 10.4 Å². The van der Waals surface area contributed by atoms with Crippen molar-refractivity contribution in [1.29, 1.82) is 0 Å². The molecular weight excluding hydrogens is 370 g/mol. The summed E-state index contributed by atoms with van der Waals surface area (Å²) in [4.78, 5) is 24.5. The zero-order valence-electron chi connectivity index (χ0n) is 16.5. The summed E-state index contributed by atoms with van der Waals surface area (Å²) in [6.45, 7) is 4.78. The van der Waals surface area contributed by atoms with Gasteiger partial charge in [-0.1, -0.05) is 12.1 Å². The molecule has 29 heavy (non-hydrogen) atoms. The van der Waals surface area contributed by atoms with Crippen LogP contribution in [0.1, 0.15) is 25.8 Å². The third-order valence-electron chi connectivity index (χ3n) is 4.88. The van der Waals surface area contributed by atoms with Gasteiger partial charge in [0.05, 0.1) is 30.6 Å². The van der Waals surface area contributed by atoms with Gasteiger partial charge in [-0.25, -0.2) is 0 Å². The molecule has 0 fully saturated rings. The van der Waals surface area contributed by atoms with E-state index in [1.807, 2.05) is 44.2 Å². The second kappa shape index (κ2) is 7.95. The molecule has 3 aromatic rings. The van der Waals surface area contributed by atoms with E-state index in [-0.39, 0.29) is 23.9 Å². The number of hydrogen-bond acceptors (Lipinski definition) is 5. The van der Waals surface area contributed by atoms with Gasteiger partial charge < -0.3 is 14.8 Å². The first-order chi connectivity index (χ1) is 14.0. The lowest BCUT2D eigenvalue weighted by Gasteiger charge is -2.14. The number of nitrogens with zero attached hydrogens (tertiary/aromatic N) is 2. The molecule has 4 rings (SSSR count). The lowest BCUT2D eigenvalue weighted by atomic mass is 10.1. The van der Waals surface area contributed by atoms with Crippen LogP contribution in [0.3, 0.4) is 0 Å².